The molecular weight excluding hydrogens is 182 g/mol. The van der Waals surface area contributed by atoms with E-state index in [1.54, 1.807) is 0 Å². The largest absolute Gasteiger partial charge is 0.307 e. The average Bonchev–Trinajstić information content (AvgIpc) is 2.06. The Morgan fingerprint density at radius 2 is 2.15 bits per heavy atom. The lowest BCUT2D eigenvalue weighted by Crippen LogP contribution is -2.42. The summed E-state index contributed by atoms with van der Waals surface area (Å²) in [5.41, 5.74) is 2.83. The Morgan fingerprint density at radius 3 is 2.92 bits per heavy atom. The van der Waals surface area contributed by atoms with E-state index in [0.29, 0.717) is 0 Å². The Balaban J connectivity index is 2.55. The van der Waals surface area contributed by atoms with Crippen LogP contribution in [0.25, 0.3) is 0 Å². The number of fused-ring (bicyclic) bond motifs is 1. The molecule has 1 aliphatic rings. The number of hydrogen-bond donors (Lipinski definition) is 1. The van der Waals surface area contributed by atoms with Crippen LogP contribution in [0.3, 0.4) is 0 Å². The summed E-state index contributed by atoms with van der Waals surface area (Å²) < 4.78 is 0. The normalized spacial score (nSPS) is 19.6. The Kier molecular flexibility index (Phi) is 2.09. The van der Waals surface area contributed by atoms with Gasteiger partial charge >= 0.3 is 0 Å². The molecular formula is C11H14ClN. The maximum atomic E-state index is 5.98. The Bertz CT molecular complexity index is 331. The minimum absolute atomic E-state index is 0.0679. The summed E-state index contributed by atoms with van der Waals surface area (Å²) in [6.45, 7) is 5.45. The molecule has 0 saturated heterocycles. The van der Waals surface area contributed by atoms with E-state index in [4.69, 9.17) is 11.6 Å². The molecule has 1 aromatic rings. The molecule has 2 rings (SSSR count). The van der Waals surface area contributed by atoms with Crippen LogP contribution in [0.2, 0.25) is 5.02 Å². The van der Waals surface area contributed by atoms with Crippen molar-refractivity contribution in [3.63, 3.8) is 0 Å². The molecule has 13 heavy (non-hydrogen) atoms. The second-order valence-corrected chi connectivity index (χ2v) is 4.54. The summed E-state index contributed by atoms with van der Waals surface area (Å²) >= 11 is 5.98. The van der Waals surface area contributed by atoms with Crippen molar-refractivity contribution in [2.24, 2.45) is 0 Å². The summed E-state index contributed by atoms with van der Waals surface area (Å²) in [6, 6.07) is 6.19. The first kappa shape index (κ1) is 9.04. The van der Waals surface area contributed by atoms with Crippen molar-refractivity contribution in [3.05, 3.63) is 34.3 Å². The van der Waals surface area contributed by atoms with Gasteiger partial charge in [-0.2, -0.15) is 0 Å². The van der Waals surface area contributed by atoms with Crippen molar-refractivity contribution in [3.8, 4) is 0 Å². The van der Waals surface area contributed by atoms with Crippen LogP contribution in [0.4, 0.5) is 0 Å². The van der Waals surface area contributed by atoms with E-state index >= 15 is 0 Å². The highest BCUT2D eigenvalue weighted by Gasteiger charge is 2.26. The molecule has 0 unspecified atom stereocenters. The van der Waals surface area contributed by atoms with Crippen LogP contribution in [0.1, 0.15) is 25.0 Å². The highest BCUT2D eigenvalue weighted by atomic mass is 35.5. The van der Waals surface area contributed by atoms with Gasteiger partial charge in [-0.1, -0.05) is 17.7 Å². The van der Waals surface area contributed by atoms with Gasteiger partial charge in [0.25, 0.3) is 0 Å². The Labute approximate surface area is 84.1 Å². The molecule has 1 aliphatic heterocycles. The van der Waals surface area contributed by atoms with Gasteiger partial charge in [0.15, 0.2) is 0 Å². The zero-order valence-corrected chi connectivity index (χ0v) is 8.78. The SMILES string of the molecule is CC1(C)NCCc2ccc(Cl)cc21. The molecule has 70 valence electrons. The highest BCUT2D eigenvalue weighted by molar-refractivity contribution is 6.30. The lowest BCUT2D eigenvalue weighted by Gasteiger charge is -2.34. The number of nitrogens with one attached hydrogen (secondary N) is 1. The van der Waals surface area contributed by atoms with Gasteiger partial charge in [0.2, 0.25) is 0 Å². The molecule has 1 N–H and O–H groups in total. The second-order valence-electron chi connectivity index (χ2n) is 4.10. The van der Waals surface area contributed by atoms with Gasteiger partial charge in [-0.3, -0.25) is 0 Å². The van der Waals surface area contributed by atoms with E-state index in [2.05, 4.69) is 31.3 Å². The third-order valence-corrected chi connectivity index (χ3v) is 2.94. The van der Waals surface area contributed by atoms with E-state index in [1.165, 1.54) is 11.1 Å². The fraction of sp³-hybridized carbons (Fsp3) is 0.455. The van der Waals surface area contributed by atoms with Crippen molar-refractivity contribution >= 4 is 11.6 Å². The smallest absolute Gasteiger partial charge is 0.0409 e. The van der Waals surface area contributed by atoms with Crippen LogP contribution in [-0.2, 0) is 12.0 Å². The number of benzene rings is 1. The van der Waals surface area contributed by atoms with Gasteiger partial charge in [0, 0.05) is 10.6 Å². The number of hydrogen-bond acceptors (Lipinski definition) is 1. The van der Waals surface area contributed by atoms with Crippen molar-refractivity contribution in [1.82, 2.24) is 5.32 Å². The zero-order valence-electron chi connectivity index (χ0n) is 8.02. The monoisotopic (exact) mass is 195 g/mol. The van der Waals surface area contributed by atoms with Crippen LogP contribution in [-0.4, -0.2) is 6.54 Å². The molecule has 0 radical (unpaired) electrons. The van der Waals surface area contributed by atoms with Gasteiger partial charge < -0.3 is 5.32 Å². The van der Waals surface area contributed by atoms with Crippen LogP contribution in [0.15, 0.2) is 18.2 Å². The fourth-order valence-electron chi connectivity index (χ4n) is 1.95. The average molecular weight is 196 g/mol. The molecule has 0 spiro atoms. The van der Waals surface area contributed by atoms with Gasteiger partial charge in [0.05, 0.1) is 0 Å². The van der Waals surface area contributed by atoms with E-state index in [9.17, 15) is 0 Å². The van der Waals surface area contributed by atoms with E-state index in [0.717, 1.165) is 18.0 Å². The molecule has 0 fully saturated rings. The molecule has 1 aromatic carbocycles. The van der Waals surface area contributed by atoms with Gasteiger partial charge in [-0.25, -0.2) is 0 Å². The van der Waals surface area contributed by atoms with Gasteiger partial charge in [-0.05, 0) is 50.1 Å². The quantitative estimate of drug-likeness (QED) is 0.672. The second kappa shape index (κ2) is 3.00. The maximum Gasteiger partial charge on any atom is 0.0409 e. The summed E-state index contributed by atoms with van der Waals surface area (Å²) in [5, 5.41) is 4.31. The summed E-state index contributed by atoms with van der Waals surface area (Å²) in [6.07, 6.45) is 1.11. The third kappa shape index (κ3) is 1.59. The standard InChI is InChI=1S/C11H14ClN/c1-11(2)10-7-9(12)4-3-8(10)5-6-13-11/h3-4,7,13H,5-6H2,1-2H3. The number of rotatable bonds is 0. The first-order valence-electron chi connectivity index (χ1n) is 4.63. The summed E-state index contributed by atoms with van der Waals surface area (Å²) in [7, 11) is 0. The fourth-order valence-corrected chi connectivity index (χ4v) is 2.13. The van der Waals surface area contributed by atoms with E-state index < -0.39 is 0 Å². The molecule has 2 heteroatoms. The topological polar surface area (TPSA) is 12.0 Å². The van der Waals surface area contributed by atoms with Crippen LogP contribution in [0.5, 0.6) is 0 Å². The lowest BCUT2D eigenvalue weighted by molar-refractivity contribution is 0.382. The summed E-state index contributed by atoms with van der Waals surface area (Å²) in [5.74, 6) is 0. The minimum Gasteiger partial charge on any atom is -0.307 e. The van der Waals surface area contributed by atoms with Crippen molar-refractivity contribution in [1.29, 1.82) is 0 Å². The first-order chi connectivity index (χ1) is 6.09. The van der Waals surface area contributed by atoms with Crippen molar-refractivity contribution in [2.45, 2.75) is 25.8 Å². The lowest BCUT2D eigenvalue weighted by atomic mass is 9.85. The molecule has 0 atom stereocenters. The van der Waals surface area contributed by atoms with Crippen LogP contribution < -0.4 is 5.32 Å². The minimum atomic E-state index is 0.0679. The molecule has 0 amide bonds. The van der Waals surface area contributed by atoms with Crippen molar-refractivity contribution in [2.75, 3.05) is 6.54 Å². The molecule has 0 saturated carbocycles. The van der Waals surface area contributed by atoms with Crippen LogP contribution in [0, 0.1) is 0 Å². The molecule has 1 heterocycles. The highest BCUT2D eigenvalue weighted by Crippen LogP contribution is 2.29. The third-order valence-electron chi connectivity index (χ3n) is 2.71. The van der Waals surface area contributed by atoms with E-state index in [1.807, 2.05) is 6.07 Å². The first-order valence-corrected chi connectivity index (χ1v) is 5.01. The Morgan fingerprint density at radius 1 is 1.38 bits per heavy atom. The number of halogens is 1. The van der Waals surface area contributed by atoms with Crippen molar-refractivity contribution < 1.29 is 0 Å². The molecule has 0 aliphatic carbocycles. The van der Waals surface area contributed by atoms with Crippen LogP contribution >= 0.6 is 11.6 Å². The van der Waals surface area contributed by atoms with E-state index in [-0.39, 0.29) is 5.54 Å². The zero-order chi connectivity index (χ0) is 9.47. The predicted molar refractivity (Wildman–Crippen MR) is 56.2 cm³/mol. The molecule has 0 aromatic heterocycles. The van der Waals surface area contributed by atoms with Gasteiger partial charge in [-0.15, -0.1) is 0 Å². The van der Waals surface area contributed by atoms with Gasteiger partial charge in [0.1, 0.15) is 0 Å². The molecule has 0 bridgehead atoms. The molecule has 1 nitrogen and oxygen atoms in total. The maximum absolute atomic E-state index is 5.98. The predicted octanol–water partition coefficient (Wildman–Crippen LogP) is 2.72. The summed E-state index contributed by atoms with van der Waals surface area (Å²) in [4.78, 5) is 0. The Hall–Kier alpha value is -0.530.